The second kappa shape index (κ2) is 6.23. The van der Waals surface area contributed by atoms with Crippen molar-refractivity contribution in [3.8, 4) is 0 Å². The van der Waals surface area contributed by atoms with Gasteiger partial charge in [-0.05, 0) is 39.0 Å². The first-order valence-corrected chi connectivity index (χ1v) is 9.06. The number of hydrogen-bond donors (Lipinski definition) is 1. The Bertz CT molecular complexity index is 674. The maximum absolute atomic E-state index is 13.6. The van der Waals surface area contributed by atoms with E-state index < -0.39 is 37.2 Å². The summed E-state index contributed by atoms with van der Waals surface area (Å²) in [5, 5.41) is 8.83. The molecule has 1 aromatic rings. The molecule has 0 aromatic heterocycles. The highest BCUT2D eigenvalue weighted by Gasteiger charge is 2.29. The number of halogens is 1. The van der Waals surface area contributed by atoms with Crippen molar-refractivity contribution in [1.82, 2.24) is 0 Å². The Balaban J connectivity index is 2.96. The molecule has 0 radical (unpaired) electrons. The van der Waals surface area contributed by atoms with E-state index in [1.54, 1.807) is 0 Å². The highest BCUT2D eigenvalue weighted by Crippen LogP contribution is 2.19. The van der Waals surface area contributed by atoms with Crippen LogP contribution in [-0.4, -0.2) is 40.0 Å². The van der Waals surface area contributed by atoms with Gasteiger partial charge in [-0.25, -0.2) is 17.6 Å². The number of aromatic carboxylic acids is 1. The molecule has 0 aliphatic rings. The van der Waals surface area contributed by atoms with E-state index in [9.17, 15) is 21.8 Å². The summed E-state index contributed by atoms with van der Waals surface area (Å²) < 4.78 is 48.5. The standard InChI is InChI=1S/C13H17FO5S2/c1-13(2,3)21(18,19)7-6-20(17)11-8-9(12(15)16)4-5-10(11)14/h4-5,8H,6-7H2,1-3H3,(H,15,16). The van der Waals surface area contributed by atoms with E-state index in [-0.39, 0.29) is 22.0 Å². The number of sulfone groups is 1. The zero-order valence-corrected chi connectivity index (χ0v) is 13.6. The van der Waals surface area contributed by atoms with Crippen LogP contribution in [0, 0.1) is 5.82 Å². The molecule has 1 unspecified atom stereocenters. The molecule has 0 aliphatic heterocycles. The van der Waals surface area contributed by atoms with Crippen LogP contribution in [0.3, 0.4) is 0 Å². The molecule has 5 nitrogen and oxygen atoms in total. The van der Waals surface area contributed by atoms with Gasteiger partial charge in [-0.3, -0.25) is 4.21 Å². The van der Waals surface area contributed by atoms with Gasteiger partial charge in [0.15, 0.2) is 9.84 Å². The Labute approximate surface area is 125 Å². The molecule has 0 saturated carbocycles. The third-order valence-electron chi connectivity index (χ3n) is 2.89. The monoisotopic (exact) mass is 336 g/mol. The van der Waals surface area contributed by atoms with Gasteiger partial charge in [-0.15, -0.1) is 0 Å². The number of carboxylic acid groups (broad SMARTS) is 1. The van der Waals surface area contributed by atoms with E-state index in [1.165, 1.54) is 20.8 Å². The summed E-state index contributed by atoms with van der Waals surface area (Å²) in [4.78, 5) is 10.5. The molecule has 0 amide bonds. The van der Waals surface area contributed by atoms with Crippen molar-refractivity contribution >= 4 is 26.6 Å². The van der Waals surface area contributed by atoms with Crippen molar-refractivity contribution in [2.45, 2.75) is 30.4 Å². The van der Waals surface area contributed by atoms with Crippen LogP contribution in [0.4, 0.5) is 4.39 Å². The first kappa shape index (κ1) is 17.8. The average molecular weight is 336 g/mol. The Hall–Kier alpha value is -1.28. The molecule has 118 valence electrons. The van der Waals surface area contributed by atoms with Crippen LogP contribution in [0.2, 0.25) is 0 Å². The molecule has 21 heavy (non-hydrogen) atoms. The maximum atomic E-state index is 13.6. The quantitative estimate of drug-likeness (QED) is 0.886. The molecular weight excluding hydrogens is 319 g/mol. The molecule has 0 bridgehead atoms. The second-order valence-corrected chi connectivity index (χ2v) is 9.83. The average Bonchev–Trinajstić information content (AvgIpc) is 2.35. The zero-order chi connectivity index (χ0) is 16.4. The molecule has 0 fully saturated rings. The second-order valence-electron chi connectivity index (χ2n) is 5.43. The third-order valence-corrected chi connectivity index (χ3v) is 7.14. The molecule has 0 spiro atoms. The topological polar surface area (TPSA) is 88.5 Å². The third kappa shape index (κ3) is 4.34. The minimum atomic E-state index is -3.47. The first-order valence-electron chi connectivity index (χ1n) is 6.09. The van der Waals surface area contributed by atoms with E-state index in [2.05, 4.69) is 0 Å². The molecule has 1 atom stereocenters. The summed E-state index contributed by atoms with van der Waals surface area (Å²) in [6.45, 7) is 4.57. The van der Waals surface area contributed by atoms with E-state index in [1.807, 2.05) is 0 Å². The van der Waals surface area contributed by atoms with E-state index >= 15 is 0 Å². The zero-order valence-electron chi connectivity index (χ0n) is 11.9. The van der Waals surface area contributed by atoms with Crippen molar-refractivity contribution < 1.29 is 26.9 Å². The molecule has 1 rings (SSSR count). The summed E-state index contributed by atoms with van der Waals surface area (Å²) in [7, 11) is -5.39. The Morgan fingerprint density at radius 2 is 1.90 bits per heavy atom. The SMILES string of the molecule is CC(C)(C)S(=O)(=O)CCS(=O)c1cc(C(=O)O)ccc1F. The molecule has 0 saturated heterocycles. The lowest BCUT2D eigenvalue weighted by atomic mass is 10.2. The van der Waals surface area contributed by atoms with Crippen molar-refractivity contribution in [2.75, 3.05) is 11.5 Å². The number of hydrogen-bond acceptors (Lipinski definition) is 4. The smallest absolute Gasteiger partial charge is 0.335 e. The van der Waals surface area contributed by atoms with Gasteiger partial charge in [0.1, 0.15) is 5.82 Å². The van der Waals surface area contributed by atoms with Crippen LogP contribution in [0.5, 0.6) is 0 Å². The Morgan fingerprint density at radius 1 is 1.33 bits per heavy atom. The highest BCUT2D eigenvalue weighted by atomic mass is 32.2. The van der Waals surface area contributed by atoms with E-state index in [4.69, 9.17) is 5.11 Å². The molecule has 0 heterocycles. The number of benzene rings is 1. The van der Waals surface area contributed by atoms with Gasteiger partial charge in [-0.1, -0.05) is 0 Å². The molecule has 8 heteroatoms. The minimum absolute atomic E-state index is 0.196. The number of rotatable bonds is 5. The predicted molar refractivity (Wildman–Crippen MR) is 78.2 cm³/mol. The lowest BCUT2D eigenvalue weighted by Gasteiger charge is -2.18. The van der Waals surface area contributed by atoms with Crippen LogP contribution in [0.15, 0.2) is 23.1 Å². The fourth-order valence-electron chi connectivity index (χ4n) is 1.41. The van der Waals surface area contributed by atoms with Crippen molar-refractivity contribution in [2.24, 2.45) is 0 Å². The summed E-state index contributed by atoms with van der Waals surface area (Å²) in [5.41, 5.74) is -0.196. The Morgan fingerprint density at radius 3 is 2.38 bits per heavy atom. The summed E-state index contributed by atoms with van der Waals surface area (Å²) in [6, 6.07) is 2.94. The molecular formula is C13H17FO5S2. The fourth-order valence-corrected chi connectivity index (χ4v) is 4.27. The van der Waals surface area contributed by atoms with Gasteiger partial charge in [0.05, 0.1) is 31.8 Å². The van der Waals surface area contributed by atoms with E-state index in [0.717, 1.165) is 18.2 Å². The van der Waals surface area contributed by atoms with Crippen molar-refractivity contribution in [3.63, 3.8) is 0 Å². The van der Waals surface area contributed by atoms with Gasteiger partial charge < -0.3 is 5.11 Å². The van der Waals surface area contributed by atoms with E-state index in [0.29, 0.717) is 0 Å². The number of carboxylic acids is 1. The van der Waals surface area contributed by atoms with Gasteiger partial charge in [0, 0.05) is 5.75 Å². The number of carbonyl (C=O) groups is 1. The summed E-state index contributed by atoms with van der Waals surface area (Å²) in [5.74, 6) is -2.72. The minimum Gasteiger partial charge on any atom is -0.478 e. The predicted octanol–water partition coefficient (Wildman–Crippen LogP) is 1.84. The highest BCUT2D eigenvalue weighted by molar-refractivity contribution is 7.94. The fraction of sp³-hybridized carbons (Fsp3) is 0.462. The molecule has 1 N–H and O–H groups in total. The maximum Gasteiger partial charge on any atom is 0.335 e. The van der Waals surface area contributed by atoms with Crippen LogP contribution < -0.4 is 0 Å². The van der Waals surface area contributed by atoms with Crippen LogP contribution >= 0.6 is 0 Å². The lowest BCUT2D eigenvalue weighted by Crippen LogP contribution is -2.32. The van der Waals surface area contributed by atoms with Crippen LogP contribution in [0.1, 0.15) is 31.1 Å². The molecule has 1 aromatic carbocycles. The van der Waals surface area contributed by atoms with Gasteiger partial charge >= 0.3 is 5.97 Å². The first-order chi connectivity index (χ1) is 9.45. The van der Waals surface area contributed by atoms with Gasteiger partial charge in [0.2, 0.25) is 0 Å². The lowest BCUT2D eigenvalue weighted by molar-refractivity contribution is 0.0696. The van der Waals surface area contributed by atoms with Crippen LogP contribution in [0.25, 0.3) is 0 Å². The van der Waals surface area contributed by atoms with Gasteiger partial charge in [0.25, 0.3) is 0 Å². The summed E-state index contributed by atoms with van der Waals surface area (Å²) >= 11 is 0. The van der Waals surface area contributed by atoms with Gasteiger partial charge in [-0.2, -0.15) is 0 Å². The largest absolute Gasteiger partial charge is 0.478 e. The Kier molecular flexibility index (Phi) is 5.27. The molecule has 0 aliphatic carbocycles. The summed E-state index contributed by atoms with van der Waals surface area (Å²) in [6.07, 6.45) is 0. The van der Waals surface area contributed by atoms with Crippen molar-refractivity contribution in [1.29, 1.82) is 0 Å². The van der Waals surface area contributed by atoms with Crippen LogP contribution in [-0.2, 0) is 20.6 Å². The normalized spacial score (nSPS) is 13.9. The van der Waals surface area contributed by atoms with Crippen molar-refractivity contribution in [3.05, 3.63) is 29.6 Å².